The Balaban J connectivity index is 1.56. The molecule has 2 heterocycles. The van der Waals surface area contributed by atoms with Crippen molar-refractivity contribution in [1.82, 2.24) is 9.55 Å². The van der Waals surface area contributed by atoms with Gasteiger partial charge in [-0.1, -0.05) is 35.6 Å². The zero-order chi connectivity index (χ0) is 18.1. The van der Waals surface area contributed by atoms with Gasteiger partial charge in [0.25, 0.3) is 0 Å². The number of anilines is 1. The first-order valence-electron chi connectivity index (χ1n) is 8.41. The molecule has 0 bridgehead atoms. The van der Waals surface area contributed by atoms with Gasteiger partial charge in [0, 0.05) is 19.5 Å². The Morgan fingerprint density at radius 1 is 1.19 bits per heavy atom. The van der Waals surface area contributed by atoms with Crippen LogP contribution in [0.2, 0.25) is 0 Å². The second-order valence-corrected chi connectivity index (χ2v) is 6.85. The molecule has 0 saturated heterocycles. The summed E-state index contributed by atoms with van der Waals surface area (Å²) >= 11 is 1.49. The van der Waals surface area contributed by atoms with E-state index in [4.69, 9.17) is 4.42 Å². The summed E-state index contributed by atoms with van der Waals surface area (Å²) in [6.45, 7) is 2.72. The first-order chi connectivity index (χ1) is 12.7. The number of carbonyl (C=O) groups is 1. The van der Waals surface area contributed by atoms with Crippen LogP contribution in [0.3, 0.4) is 0 Å². The lowest BCUT2D eigenvalue weighted by Crippen LogP contribution is -2.32. The SMILES string of the molecule is CCN(C(=O)CCn1c(=O)oc2ccccc21)c1nc2ccccc2s1. The predicted octanol–water partition coefficient (Wildman–Crippen LogP) is 3.65. The molecule has 0 radical (unpaired) electrons. The molecule has 2 aromatic heterocycles. The Kier molecular flexibility index (Phi) is 4.30. The summed E-state index contributed by atoms with van der Waals surface area (Å²) in [5.41, 5.74) is 2.12. The lowest BCUT2D eigenvalue weighted by atomic mass is 10.3. The van der Waals surface area contributed by atoms with E-state index in [0.717, 1.165) is 10.2 Å². The van der Waals surface area contributed by atoms with Crippen molar-refractivity contribution in [3.05, 3.63) is 59.1 Å². The van der Waals surface area contributed by atoms with Gasteiger partial charge in [-0.15, -0.1) is 0 Å². The molecule has 0 unspecified atom stereocenters. The summed E-state index contributed by atoms with van der Waals surface area (Å²) in [5.74, 6) is -0.509. The van der Waals surface area contributed by atoms with Crippen molar-refractivity contribution < 1.29 is 9.21 Å². The molecule has 4 aromatic rings. The number of aromatic nitrogens is 2. The molecular formula is C19H17N3O3S. The summed E-state index contributed by atoms with van der Waals surface area (Å²) < 4.78 is 7.76. The molecule has 0 N–H and O–H groups in total. The standard InChI is InChI=1S/C19H17N3O3S/c1-2-21(18-20-13-7-3-6-10-16(13)26-18)17(23)11-12-22-14-8-4-5-9-15(14)25-19(22)24/h3-10H,2,11-12H2,1H3. The highest BCUT2D eigenvalue weighted by Crippen LogP contribution is 2.28. The van der Waals surface area contributed by atoms with Crippen molar-refractivity contribution in [1.29, 1.82) is 0 Å². The Labute approximate surface area is 153 Å². The van der Waals surface area contributed by atoms with E-state index in [-0.39, 0.29) is 18.9 Å². The molecule has 26 heavy (non-hydrogen) atoms. The third kappa shape index (κ3) is 2.90. The van der Waals surface area contributed by atoms with Gasteiger partial charge in [0.05, 0.1) is 15.7 Å². The van der Waals surface area contributed by atoms with E-state index in [1.807, 2.05) is 49.4 Å². The number of benzene rings is 2. The molecule has 7 heteroatoms. The molecule has 0 aliphatic carbocycles. The van der Waals surface area contributed by atoms with E-state index in [1.165, 1.54) is 15.9 Å². The Morgan fingerprint density at radius 3 is 2.77 bits per heavy atom. The molecule has 132 valence electrons. The van der Waals surface area contributed by atoms with E-state index in [9.17, 15) is 9.59 Å². The average Bonchev–Trinajstić information content (AvgIpc) is 3.20. The maximum absolute atomic E-state index is 12.7. The van der Waals surface area contributed by atoms with Gasteiger partial charge in [-0.3, -0.25) is 14.3 Å². The molecule has 0 aliphatic heterocycles. The van der Waals surface area contributed by atoms with Crippen molar-refractivity contribution in [2.45, 2.75) is 19.9 Å². The highest BCUT2D eigenvalue weighted by atomic mass is 32.1. The highest BCUT2D eigenvalue weighted by molar-refractivity contribution is 7.22. The van der Waals surface area contributed by atoms with E-state index in [0.29, 0.717) is 22.8 Å². The van der Waals surface area contributed by atoms with Crippen LogP contribution in [0.5, 0.6) is 0 Å². The third-order valence-corrected chi connectivity index (χ3v) is 5.31. The first-order valence-corrected chi connectivity index (χ1v) is 9.23. The van der Waals surface area contributed by atoms with Crippen LogP contribution in [-0.4, -0.2) is 22.0 Å². The van der Waals surface area contributed by atoms with E-state index < -0.39 is 5.76 Å². The molecule has 2 aromatic carbocycles. The number of fused-ring (bicyclic) bond motifs is 2. The number of oxazole rings is 1. The molecular weight excluding hydrogens is 350 g/mol. The normalized spacial score (nSPS) is 11.3. The molecule has 0 saturated carbocycles. The van der Waals surface area contributed by atoms with Gasteiger partial charge in [0.2, 0.25) is 5.91 Å². The average molecular weight is 367 g/mol. The van der Waals surface area contributed by atoms with Crippen LogP contribution < -0.4 is 10.7 Å². The molecule has 0 spiro atoms. The van der Waals surface area contributed by atoms with Crippen molar-refractivity contribution in [3.8, 4) is 0 Å². The van der Waals surface area contributed by atoms with Crippen molar-refractivity contribution >= 4 is 43.7 Å². The second-order valence-electron chi connectivity index (χ2n) is 5.84. The first kappa shape index (κ1) is 16.5. The number of hydrogen-bond donors (Lipinski definition) is 0. The summed E-state index contributed by atoms with van der Waals surface area (Å²) in [6, 6.07) is 15.0. The van der Waals surface area contributed by atoms with Gasteiger partial charge in [-0.2, -0.15) is 0 Å². The fourth-order valence-corrected chi connectivity index (χ4v) is 4.01. The predicted molar refractivity (Wildman–Crippen MR) is 103 cm³/mol. The molecule has 0 fully saturated rings. The number of aryl methyl sites for hydroxylation is 1. The molecule has 0 atom stereocenters. The minimum atomic E-state index is -0.443. The van der Waals surface area contributed by atoms with Gasteiger partial charge in [0.1, 0.15) is 0 Å². The maximum atomic E-state index is 12.7. The lowest BCUT2D eigenvalue weighted by Gasteiger charge is -2.17. The van der Waals surface area contributed by atoms with Crippen LogP contribution in [0, 0.1) is 0 Å². The lowest BCUT2D eigenvalue weighted by molar-refractivity contribution is -0.118. The highest BCUT2D eigenvalue weighted by Gasteiger charge is 2.19. The number of nitrogens with zero attached hydrogens (tertiary/aromatic N) is 3. The van der Waals surface area contributed by atoms with Crippen molar-refractivity contribution in [2.24, 2.45) is 0 Å². The number of hydrogen-bond acceptors (Lipinski definition) is 5. The minimum absolute atomic E-state index is 0.0660. The number of para-hydroxylation sites is 3. The zero-order valence-electron chi connectivity index (χ0n) is 14.2. The Morgan fingerprint density at radius 2 is 1.96 bits per heavy atom. The quantitative estimate of drug-likeness (QED) is 0.540. The van der Waals surface area contributed by atoms with Gasteiger partial charge < -0.3 is 4.42 Å². The van der Waals surface area contributed by atoms with Gasteiger partial charge in [-0.05, 0) is 31.2 Å². The second kappa shape index (κ2) is 6.76. The molecule has 1 amide bonds. The summed E-state index contributed by atoms with van der Waals surface area (Å²) in [4.78, 5) is 31.0. The molecule has 4 rings (SSSR count). The van der Waals surface area contributed by atoms with E-state index >= 15 is 0 Å². The van der Waals surface area contributed by atoms with Crippen LogP contribution in [0.25, 0.3) is 21.3 Å². The van der Waals surface area contributed by atoms with Crippen molar-refractivity contribution in [3.63, 3.8) is 0 Å². The fourth-order valence-electron chi connectivity index (χ4n) is 2.96. The van der Waals surface area contributed by atoms with Crippen LogP contribution in [0.15, 0.2) is 57.7 Å². The van der Waals surface area contributed by atoms with E-state index in [2.05, 4.69) is 4.98 Å². The van der Waals surface area contributed by atoms with Crippen LogP contribution in [0.4, 0.5) is 5.13 Å². The smallest absolute Gasteiger partial charge is 0.408 e. The largest absolute Gasteiger partial charge is 0.419 e. The van der Waals surface area contributed by atoms with Crippen LogP contribution >= 0.6 is 11.3 Å². The van der Waals surface area contributed by atoms with Crippen molar-refractivity contribution in [2.75, 3.05) is 11.4 Å². The monoisotopic (exact) mass is 367 g/mol. The Bertz CT molecular complexity index is 1110. The number of thiazole rings is 1. The van der Waals surface area contributed by atoms with Gasteiger partial charge in [0.15, 0.2) is 10.7 Å². The molecule has 6 nitrogen and oxygen atoms in total. The minimum Gasteiger partial charge on any atom is -0.408 e. The van der Waals surface area contributed by atoms with Crippen LogP contribution in [0.1, 0.15) is 13.3 Å². The summed E-state index contributed by atoms with van der Waals surface area (Å²) in [6.07, 6.45) is 0.202. The summed E-state index contributed by atoms with van der Waals surface area (Å²) in [5, 5.41) is 0.683. The Hall–Kier alpha value is -2.93. The topological polar surface area (TPSA) is 68.3 Å². The number of rotatable bonds is 5. The fraction of sp³-hybridized carbons (Fsp3) is 0.211. The zero-order valence-corrected chi connectivity index (χ0v) is 15.0. The van der Waals surface area contributed by atoms with Crippen LogP contribution in [-0.2, 0) is 11.3 Å². The van der Waals surface area contributed by atoms with E-state index in [1.54, 1.807) is 11.0 Å². The third-order valence-electron chi connectivity index (χ3n) is 4.25. The van der Waals surface area contributed by atoms with Gasteiger partial charge in [-0.25, -0.2) is 9.78 Å². The number of carbonyl (C=O) groups excluding carboxylic acids is 1. The number of amides is 1. The summed E-state index contributed by atoms with van der Waals surface area (Å²) in [7, 11) is 0. The van der Waals surface area contributed by atoms with Gasteiger partial charge >= 0.3 is 5.76 Å². The maximum Gasteiger partial charge on any atom is 0.419 e. The molecule has 0 aliphatic rings.